The summed E-state index contributed by atoms with van der Waals surface area (Å²) in [4.78, 5) is 15.0. The third-order valence-corrected chi connectivity index (χ3v) is 5.73. The Balaban J connectivity index is 1.29. The molecule has 0 saturated heterocycles. The Morgan fingerprint density at radius 3 is 2.47 bits per heavy atom. The van der Waals surface area contributed by atoms with E-state index in [1.54, 1.807) is 7.11 Å². The summed E-state index contributed by atoms with van der Waals surface area (Å²) >= 11 is 0. The maximum atomic E-state index is 12.6. The average molecular weight is 431 g/mol. The Morgan fingerprint density at radius 2 is 1.72 bits per heavy atom. The topological polar surface area (TPSA) is 50.8 Å². The van der Waals surface area contributed by atoms with Gasteiger partial charge in [-0.3, -0.25) is 4.79 Å². The van der Waals surface area contributed by atoms with Crippen molar-refractivity contribution in [2.75, 3.05) is 25.2 Å². The number of benzene rings is 3. The van der Waals surface area contributed by atoms with Crippen LogP contribution in [0.15, 0.2) is 72.8 Å². The summed E-state index contributed by atoms with van der Waals surface area (Å²) in [5.74, 6) is 1.44. The number of carbonyl (C=O) groups is 1. The number of hydrogen-bond donors (Lipinski definition) is 1. The van der Waals surface area contributed by atoms with Gasteiger partial charge in [-0.1, -0.05) is 30.3 Å². The lowest BCUT2D eigenvalue weighted by Crippen LogP contribution is -2.36. The van der Waals surface area contributed by atoms with Crippen molar-refractivity contribution in [1.29, 1.82) is 0 Å². The zero-order valence-corrected chi connectivity index (χ0v) is 18.7. The van der Waals surface area contributed by atoms with Crippen LogP contribution in [0.3, 0.4) is 0 Å². The molecule has 0 fully saturated rings. The molecule has 3 aromatic rings. The molecule has 1 N–H and O–H groups in total. The van der Waals surface area contributed by atoms with Crippen molar-refractivity contribution in [1.82, 2.24) is 5.32 Å². The van der Waals surface area contributed by atoms with Gasteiger partial charge in [0.05, 0.1) is 13.2 Å². The Morgan fingerprint density at radius 1 is 1.00 bits per heavy atom. The van der Waals surface area contributed by atoms with Crippen LogP contribution in [0, 0.1) is 0 Å². The normalized spacial score (nSPS) is 13.8. The van der Waals surface area contributed by atoms with Gasteiger partial charge < -0.3 is 19.7 Å². The van der Waals surface area contributed by atoms with E-state index in [1.165, 1.54) is 23.2 Å². The van der Waals surface area contributed by atoms with Crippen LogP contribution in [-0.2, 0) is 13.0 Å². The van der Waals surface area contributed by atoms with Crippen LogP contribution >= 0.6 is 0 Å². The quantitative estimate of drug-likeness (QED) is 0.555. The molecule has 1 aliphatic heterocycles. The number of fused-ring (bicyclic) bond motifs is 1. The molecular weight excluding hydrogens is 400 g/mol. The molecular formula is C27H30N2O3. The number of para-hydroxylation sites is 1. The molecule has 166 valence electrons. The van der Waals surface area contributed by atoms with E-state index < -0.39 is 0 Å². The van der Waals surface area contributed by atoms with Crippen molar-refractivity contribution >= 4 is 11.6 Å². The molecule has 0 aliphatic carbocycles. The van der Waals surface area contributed by atoms with E-state index in [0.29, 0.717) is 12.2 Å². The monoisotopic (exact) mass is 430 g/mol. The minimum atomic E-state index is -0.117. The number of rotatable bonds is 8. The molecule has 0 radical (unpaired) electrons. The van der Waals surface area contributed by atoms with Crippen LogP contribution in [0.4, 0.5) is 5.69 Å². The number of methoxy groups -OCH3 is 1. The number of amides is 1. The molecule has 5 nitrogen and oxygen atoms in total. The van der Waals surface area contributed by atoms with Crippen molar-refractivity contribution in [3.63, 3.8) is 0 Å². The number of nitrogens with zero attached hydrogens (tertiary/aromatic N) is 1. The standard InChI is InChI=1S/C27H30N2O3/c1-20(19-32-25-15-13-24(31-2)14-16-25)28-27(30)23-11-9-21(10-12-23)18-29-17-5-7-22-6-3-4-8-26(22)29/h3-4,6,8-16,20H,5,7,17-19H2,1-2H3,(H,28,30)/t20-/m0/s1. The van der Waals surface area contributed by atoms with E-state index in [0.717, 1.165) is 31.0 Å². The van der Waals surface area contributed by atoms with E-state index >= 15 is 0 Å². The second-order valence-electron chi connectivity index (χ2n) is 8.21. The minimum absolute atomic E-state index is 0.0919. The first-order valence-corrected chi connectivity index (χ1v) is 11.1. The predicted molar refractivity (Wildman–Crippen MR) is 128 cm³/mol. The van der Waals surface area contributed by atoms with Crippen LogP contribution in [0.1, 0.15) is 34.8 Å². The highest BCUT2D eigenvalue weighted by Gasteiger charge is 2.17. The lowest BCUT2D eigenvalue weighted by Gasteiger charge is -2.31. The molecule has 1 amide bonds. The summed E-state index contributed by atoms with van der Waals surface area (Å²) < 4.78 is 10.9. The third-order valence-electron chi connectivity index (χ3n) is 5.73. The zero-order valence-electron chi connectivity index (χ0n) is 18.7. The summed E-state index contributed by atoms with van der Waals surface area (Å²) in [6.07, 6.45) is 2.32. The van der Waals surface area contributed by atoms with E-state index in [1.807, 2.05) is 55.5 Å². The first-order valence-electron chi connectivity index (χ1n) is 11.1. The Kier molecular flexibility index (Phi) is 6.95. The molecule has 5 heteroatoms. The molecule has 32 heavy (non-hydrogen) atoms. The van der Waals surface area contributed by atoms with Gasteiger partial charge in [-0.25, -0.2) is 0 Å². The molecule has 0 unspecified atom stereocenters. The number of aryl methyl sites for hydroxylation is 1. The third kappa shape index (κ3) is 5.41. The van der Waals surface area contributed by atoms with Gasteiger partial charge in [-0.05, 0) is 73.4 Å². The number of nitrogens with one attached hydrogen (secondary N) is 1. The van der Waals surface area contributed by atoms with Crippen molar-refractivity contribution in [2.24, 2.45) is 0 Å². The first kappa shape index (κ1) is 21.8. The highest BCUT2D eigenvalue weighted by molar-refractivity contribution is 5.94. The summed E-state index contributed by atoms with van der Waals surface area (Å²) in [5, 5.41) is 3.00. The van der Waals surface area contributed by atoms with Gasteiger partial charge in [0.25, 0.3) is 5.91 Å². The van der Waals surface area contributed by atoms with E-state index in [-0.39, 0.29) is 11.9 Å². The lowest BCUT2D eigenvalue weighted by atomic mass is 10.0. The Hall–Kier alpha value is -3.47. The van der Waals surface area contributed by atoms with Crippen molar-refractivity contribution in [2.45, 2.75) is 32.4 Å². The van der Waals surface area contributed by atoms with Crippen molar-refractivity contribution in [3.05, 3.63) is 89.5 Å². The average Bonchev–Trinajstić information content (AvgIpc) is 2.84. The molecule has 0 saturated carbocycles. The number of anilines is 1. The highest BCUT2D eigenvalue weighted by atomic mass is 16.5. The van der Waals surface area contributed by atoms with Gasteiger partial charge >= 0.3 is 0 Å². The van der Waals surface area contributed by atoms with Crippen LogP contribution in [0.5, 0.6) is 11.5 Å². The fourth-order valence-electron chi connectivity index (χ4n) is 4.00. The number of ether oxygens (including phenoxy) is 2. The van der Waals surface area contributed by atoms with Gasteiger partial charge in [0.2, 0.25) is 0 Å². The molecule has 0 aromatic heterocycles. The fourth-order valence-corrected chi connectivity index (χ4v) is 4.00. The van der Waals surface area contributed by atoms with Gasteiger partial charge in [0.1, 0.15) is 18.1 Å². The smallest absolute Gasteiger partial charge is 0.251 e. The van der Waals surface area contributed by atoms with Crippen LogP contribution < -0.4 is 19.7 Å². The number of carbonyl (C=O) groups excluding carboxylic acids is 1. The lowest BCUT2D eigenvalue weighted by molar-refractivity contribution is 0.0926. The van der Waals surface area contributed by atoms with Gasteiger partial charge in [0, 0.05) is 24.3 Å². The molecule has 0 spiro atoms. The largest absolute Gasteiger partial charge is 0.497 e. The maximum absolute atomic E-state index is 12.6. The van der Waals surface area contributed by atoms with E-state index in [4.69, 9.17) is 9.47 Å². The molecule has 1 heterocycles. The zero-order chi connectivity index (χ0) is 22.3. The summed E-state index contributed by atoms with van der Waals surface area (Å²) in [6.45, 7) is 4.24. The van der Waals surface area contributed by atoms with E-state index in [2.05, 4.69) is 34.5 Å². The first-order chi connectivity index (χ1) is 15.6. The SMILES string of the molecule is COc1ccc(OC[C@H](C)NC(=O)c2ccc(CN3CCCc4ccccc43)cc2)cc1. The van der Waals surface area contributed by atoms with Gasteiger partial charge in [0.15, 0.2) is 0 Å². The van der Waals surface area contributed by atoms with Crippen LogP contribution in [0.2, 0.25) is 0 Å². The maximum Gasteiger partial charge on any atom is 0.251 e. The molecule has 0 bridgehead atoms. The summed E-state index contributed by atoms with van der Waals surface area (Å²) in [6, 6.07) is 23.8. The van der Waals surface area contributed by atoms with Gasteiger partial charge in [-0.2, -0.15) is 0 Å². The van der Waals surface area contributed by atoms with Crippen LogP contribution in [0.25, 0.3) is 0 Å². The Labute approximate surface area is 190 Å². The second-order valence-corrected chi connectivity index (χ2v) is 8.21. The summed E-state index contributed by atoms with van der Waals surface area (Å²) in [7, 11) is 1.63. The molecule has 1 aliphatic rings. The number of hydrogen-bond acceptors (Lipinski definition) is 4. The second kappa shape index (κ2) is 10.2. The molecule has 1 atom stereocenters. The van der Waals surface area contributed by atoms with Crippen molar-refractivity contribution in [3.8, 4) is 11.5 Å². The molecule has 3 aromatic carbocycles. The molecule has 4 rings (SSSR count). The van der Waals surface area contributed by atoms with Gasteiger partial charge in [-0.15, -0.1) is 0 Å². The highest BCUT2D eigenvalue weighted by Crippen LogP contribution is 2.28. The van der Waals surface area contributed by atoms with Crippen molar-refractivity contribution < 1.29 is 14.3 Å². The van der Waals surface area contributed by atoms with E-state index in [9.17, 15) is 4.79 Å². The predicted octanol–water partition coefficient (Wildman–Crippen LogP) is 4.85. The Bertz CT molecular complexity index is 1030. The minimum Gasteiger partial charge on any atom is -0.497 e. The fraction of sp³-hybridized carbons (Fsp3) is 0.296. The van der Waals surface area contributed by atoms with Crippen LogP contribution in [-0.4, -0.2) is 32.2 Å². The summed E-state index contributed by atoms with van der Waals surface area (Å²) in [5.41, 5.74) is 4.60.